The molecule has 1 N–H and O–H groups in total. The minimum atomic E-state index is -1.84. The molecule has 0 aliphatic rings. The molecule has 5 heteroatoms. The molecule has 0 rings (SSSR count). The van der Waals surface area contributed by atoms with Crippen LogP contribution in [0.15, 0.2) is 12.2 Å². The Morgan fingerprint density at radius 2 is 1.29 bits per heavy atom. The minimum Gasteiger partial charge on any atom is -0.398 e. The van der Waals surface area contributed by atoms with Crippen LogP contribution in [0.25, 0.3) is 0 Å². The quantitative estimate of drug-likeness (QED) is 0.242. The highest BCUT2D eigenvalue weighted by atomic mass is 28.4. The van der Waals surface area contributed by atoms with Gasteiger partial charge >= 0.3 is 8.56 Å². The number of amides is 1. The Kier molecular flexibility index (Phi) is 14.3. The van der Waals surface area contributed by atoms with Gasteiger partial charge in [0, 0.05) is 26.3 Å². The van der Waals surface area contributed by atoms with Crippen molar-refractivity contribution in [3.8, 4) is 0 Å². The maximum atomic E-state index is 11.3. The van der Waals surface area contributed by atoms with Gasteiger partial charge in [0.2, 0.25) is 5.91 Å². The Balaban J connectivity index is 3.26. The lowest BCUT2D eigenvalue weighted by Gasteiger charge is -2.22. The van der Waals surface area contributed by atoms with Gasteiger partial charge in [-0.2, -0.15) is 0 Å². The van der Waals surface area contributed by atoms with Crippen molar-refractivity contribution in [1.29, 1.82) is 0 Å². The van der Waals surface area contributed by atoms with Crippen LogP contribution in [0.3, 0.4) is 0 Å². The number of rotatable bonds is 16. The maximum Gasteiger partial charge on any atom is 0.334 e. The SMILES string of the molecule is C=C(C)C(=O)NCCCCCCCCCCCC[Si](C)(OC)OC. The van der Waals surface area contributed by atoms with Gasteiger partial charge in [-0.3, -0.25) is 4.79 Å². The highest BCUT2D eigenvalue weighted by Gasteiger charge is 2.27. The number of hydrogen-bond donors (Lipinski definition) is 1. The molecule has 0 fully saturated rings. The molecule has 0 spiro atoms. The summed E-state index contributed by atoms with van der Waals surface area (Å²) in [7, 11) is 1.70. The van der Waals surface area contributed by atoms with Crippen LogP contribution in [-0.2, 0) is 13.6 Å². The summed E-state index contributed by atoms with van der Waals surface area (Å²) in [6.45, 7) is 8.28. The summed E-state index contributed by atoms with van der Waals surface area (Å²) in [6.07, 6.45) is 12.7. The van der Waals surface area contributed by atoms with E-state index in [0.717, 1.165) is 19.0 Å². The molecule has 0 aliphatic carbocycles. The molecule has 0 aliphatic heterocycles. The van der Waals surface area contributed by atoms with Crippen molar-refractivity contribution in [1.82, 2.24) is 5.32 Å². The number of hydrogen-bond acceptors (Lipinski definition) is 3. The Morgan fingerprint density at radius 1 is 0.875 bits per heavy atom. The van der Waals surface area contributed by atoms with Gasteiger partial charge in [0.05, 0.1) is 0 Å². The first kappa shape index (κ1) is 23.3. The van der Waals surface area contributed by atoms with Gasteiger partial charge in [-0.05, 0) is 25.9 Å². The minimum absolute atomic E-state index is 0.0195. The molecule has 142 valence electrons. The molecule has 4 nitrogen and oxygen atoms in total. The summed E-state index contributed by atoms with van der Waals surface area (Å²) in [6, 6.07) is 1.10. The molecule has 0 saturated carbocycles. The second-order valence-electron chi connectivity index (χ2n) is 6.86. The Hall–Kier alpha value is -0.653. The summed E-state index contributed by atoms with van der Waals surface area (Å²) in [5, 5.41) is 2.88. The molecule has 0 bridgehead atoms. The molecule has 1 amide bonds. The maximum absolute atomic E-state index is 11.3. The van der Waals surface area contributed by atoms with Crippen molar-refractivity contribution in [2.75, 3.05) is 20.8 Å². The van der Waals surface area contributed by atoms with Crippen molar-refractivity contribution in [2.45, 2.75) is 83.7 Å². The van der Waals surface area contributed by atoms with Crippen LogP contribution in [0, 0.1) is 0 Å². The van der Waals surface area contributed by atoms with Crippen LogP contribution < -0.4 is 5.32 Å². The monoisotopic (exact) mass is 357 g/mol. The number of carbonyl (C=O) groups excluding carboxylic acids is 1. The Morgan fingerprint density at radius 3 is 1.71 bits per heavy atom. The van der Waals surface area contributed by atoms with Gasteiger partial charge in [-0.25, -0.2) is 0 Å². The number of nitrogens with one attached hydrogen (secondary N) is 1. The second kappa shape index (κ2) is 14.7. The third-order valence-electron chi connectivity index (χ3n) is 4.59. The van der Waals surface area contributed by atoms with Gasteiger partial charge in [-0.15, -0.1) is 0 Å². The largest absolute Gasteiger partial charge is 0.398 e. The first-order valence-electron chi connectivity index (χ1n) is 9.49. The van der Waals surface area contributed by atoms with Crippen molar-refractivity contribution in [2.24, 2.45) is 0 Å². The first-order valence-corrected chi connectivity index (χ1v) is 12.0. The van der Waals surface area contributed by atoms with E-state index in [2.05, 4.69) is 18.4 Å². The molecule has 0 aromatic carbocycles. The van der Waals surface area contributed by atoms with E-state index < -0.39 is 8.56 Å². The molecular weight excluding hydrogens is 318 g/mol. The zero-order chi connectivity index (χ0) is 18.3. The van der Waals surface area contributed by atoms with Gasteiger partial charge in [-0.1, -0.05) is 64.4 Å². The van der Waals surface area contributed by atoms with Gasteiger partial charge in [0.25, 0.3) is 0 Å². The van der Waals surface area contributed by atoms with Crippen LogP contribution in [0.5, 0.6) is 0 Å². The summed E-state index contributed by atoms with van der Waals surface area (Å²) in [5.74, 6) is -0.0195. The predicted molar refractivity (Wildman–Crippen MR) is 104 cm³/mol. The second-order valence-corrected chi connectivity index (χ2v) is 10.4. The van der Waals surface area contributed by atoms with Gasteiger partial charge in [0.1, 0.15) is 0 Å². The van der Waals surface area contributed by atoms with Crippen LogP contribution >= 0.6 is 0 Å². The third kappa shape index (κ3) is 12.7. The summed E-state index contributed by atoms with van der Waals surface area (Å²) in [5.41, 5.74) is 0.589. The van der Waals surface area contributed by atoms with E-state index in [1.807, 2.05) is 0 Å². The first-order chi connectivity index (χ1) is 11.4. The standard InChI is InChI=1S/C19H39NO3Si/c1-18(2)19(21)20-16-14-12-10-8-6-7-9-11-13-15-17-24(5,22-3)23-4/h1,6-17H2,2-5H3,(H,20,21). The molecule has 0 atom stereocenters. The molecule has 0 aromatic rings. The molecule has 0 aromatic heterocycles. The van der Waals surface area contributed by atoms with Crippen LogP contribution in [0.1, 0.15) is 71.1 Å². The molecule has 0 unspecified atom stereocenters. The fourth-order valence-corrected chi connectivity index (χ4v) is 4.09. The van der Waals surface area contributed by atoms with E-state index in [1.165, 1.54) is 57.8 Å². The molecule has 0 heterocycles. The fraction of sp³-hybridized carbons (Fsp3) is 0.842. The molecular formula is C19H39NO3Si. The average molecular weight is 358 g/mol. The number of carbonyl (C=O) groups is 1. The summed E-state index contributed by atoms with van der Waals surface area (Å²) < 4.78 is 11.0. The molecule has 0 saturated heterocycles. The highest BCUT2D eigenvalue weighted by Crippen LogP contribution is 2.17. The van der Waals surface area contributed by atoms with Gasteiger partial charge in [0.15, 0.2) is 0 Å². The topological polar surface area (TPSA) is 47.6 Å². The smallest absolute Gasteiger partial charge is 0.334 e. The van der Waals surface area contributed by atoms with Crippen LogP contribution in [0.2, 0.25) is 12.6 Å². The van der Waals surface area contributed by atoms with E-state index in [-0.39, 0.29) is 5.91 Å². The van der Waals surface area contributed by atoms with Crippen molar-refractivity contribution in [3.05, 3.63) is 12.2 Å². The predicted octanol–water partition coefficient (Wildman–Crippen LogP) is 4.94. The summed E-state index contributed by atoms with van der Waals surface area (Å²) in [4.78, 5) is 11.3. The Labute approximate surface area is 150 Å². The lowest BCUT2D eigenvalue weighted by Crippen LogP contribution is -2.35. The Bertz CT molecular complexity index is 344. The van der Waals surface area contributed by atoms with E-state index in [1.54, 1.807) is 21.1 Å². The lowest BCUT2D eigenvalue weighted by atomic mass is 10.1. The fourth-order valence-electron chi connectivity index (χ4n) is 2.63. The van der Waals surface area contributed by atoms with Crippen LogP contribution in [0.4, 0.5) is 0 Å². The van der Waals surface area contributed by atoms with E-state index in [9.17, 15) is 4.79 Å². The highest BCUT2D eigenvalue weighted by molar-refractivity contribution is 6.65. The van der Waals surface area contributed by atoms with Crippen LogP contribution in [-0.4, -0.2) is 35.2 Å². The third-order valence-corrected chi connectivity index (χ3v) is 7.58. The van der Waals surface area contributed by atoms with Gasteiger partial charge < -0.3 is 14.2 Å². The normalized spacial score (nSPS) is 11.5. The van der Waals surface area contributed by atoms with Crippen molar-refractivity contribution in [3.63, 3.8) is 0 Å². The molecule has 24 heavy (non-hydrogen) atoms. The zero-order valence-electron chi connectivity index (χ0n) is 16.4. The summed E-state index contributed by atoms with van der Waals surface area (Å²) >= 11 is 0. The van der Waals surface area contributed by atoms with E-state index in [0.29, 0.717) is 5.57 Å². The average Bonchev–Trinajstić information content (AvgIpc) is 2.58. The van der Waals surface area contributed by atoms with Crippen molar-refractivity contribution >= 4 is 14.5 Å². The van der Waals surface area contributed by atoms with Crippen molar-refractivity contribution < 1.29 is 13.6 Å². The van der Waals surface area contributed by atoms with E-state index in [4.69, 9.17) is 8.85 Å². The van der Waals surface area contributed by atoms with E-state index >= 15 is 0 Å². The zero-order valence-corrected chi connectivity index (χ0v) is 17.4. The lowest BCUT2D eigenvalue weighted by molar-refractivity contribution is -0.117. The number of unbranched alkanes of at least 4 members (excludes halogenated alkanes) is 9. The molecule has 0 radical (unpaired) electrons.